The number of pyridine rings is 1. The molecule has 0 saturated carbocycles. The van der Waals surface area contributed by atoms with E-state index in [4.69, 9.17) is 5.11 Å². The lowest BCUT2D eigenvalue weighted by Gasteiger charge is -2.04. The normalized spacial score (nSPS) is 10.6. The minimum absolute atomic E-state index is 0.204. The first-order valence-electron chi connectivity index (χ1n) is 4.83. The van der Waals surface area contributed by atoms with Gasteiger partial charge in [0.1, 0.15) is 0 Å². The van der Waals surface area contributed by atoms with Crippen molar-refractivity contribution in [1.29, 1.82) is 0 Å². The van der Waals surface area contributed by atoms with Crippen molar-refractivity contribution in [2.45, 2.75) is 10.1 Å². The van der Waals surface area contributed by atoms with Crippen LogP contribution in [0.1, 0.15) is 10.4 Å². The van der Waals surface area contributed by atoms with Gasteiger partial charge in [0, 0.05) is 12.4 Å². The first-order valence-corrected chi connectivity index (χ1v) is 5.65. The number of carboxylic acid groups (broad SMARTS) is 1. The van der Waals surface area contributed by atoms with Gasteiger partial charge in [-0.15, -0.1) is 0 Å². The third kappa shape index (κ3) is 2.69. The van der Waals surface area contributed by atoms with Crippen molar-refractivity contribution in [1.82, 2.24) is 15.0 Å². The molecule has 2 aromatic rings. The first-order chi connectivity index (χ1) is 9.40. The predicted octanol–water partition coefficient (Wildman–Crippen LogP) is 2.28. The van der Waals surface area contributed by atoms with Crippen LogP contribution in [0.4, 0.5) is 17.6 Å². The first kappa shape index (κ1) is 14.2. The van der Waals surface area contributed by atoms with Crippen LogP contribution in [0.2, 0.25) is 0 Å². The third-order valence-electron chi connectivity index (χ3n) is 2.03. The van der Waals surface area contributed by atoms with Gasteiger partial charge in [-0.1, -0.05) is 0 Å². The topological polar surface area (TPSA) is 76.0 Å². The van der Waals surface area contributed by atoms with E-state index in [1.54, 1.807) is 0 Å². The van der Waals surface area contributed by atoms with Crippen molar-refractivity contribution in [3.63, 3.8) is 0 Å². The average molecular weight is 305 g/mol. The molecule has 0 fully saturated rings. The number of aromatic carboxylic acids is 1. The molecule has 104 valence electrons. The molecular formula is C10H3F4N3O2S. The van der Waals surface area contributed by atoms with Gasteiger partial charge < -0.3 is 5.11 Å². The van der Waals surface area contributed by atoms with E-state index in [1.165, 1.54) is 0 Å². The highest BCUT2D eigenvalue weighted by atomic mass is 32.2. The smallest absolute Gasteiger partial charge is 0.338 e. The number of aromatic nitrogens is 3. The maximum atomic E-state index is 13.3. The Labute approximate surface area is 112 Å². The number of halogens is 4. The van der Waals surface area contributed by atoms with Gasteiger partial charge in [0.25, 0.3) is 11.9 Å². The molecule has 2 aromatic heterocycles. The number of rotatable bonds is 3. The standard InChI is InChI=1S/C10H3F4N3O2S/c11-4-6(5(12)8(14)17-7(4)13)20-10-15-1-3(2-16-10)9(18)19/h1-2H,(H,18,19). The van der Waals surface area contributed by atoms with Crippen LogP contribution in [0.3, 0.4) is 0 Å². The summed E-state index contributed by atoms with van der Waals surface area (Å²) in [5.74, 6) is -8.25. The zero-order valence-corrected chi connectivity index (χ0v) is 10.1. The van der Waals surface area contributed by atoms with Gasteiger partial charge in [0.2, 0.25) is 0 Å². The Morgan fingerprint density at radius 3 is 2.00 bits per heavy atom. The fraction of sp³-hybridized carbons (Fsp3) is 0. The van der Waals surface area contributed by atoms with Crippen molar-refractivity contribution in [2.24, 2.45) is 0 Å². The Morgan fingerprint density at radius 2 is 1.55 bits per heavy atom. The molecule has 0 aliphatic carbocycles. The lowest BCUT2D eigenvalue weighted by molar-refractivity contribution is 0.0695. The average Bonchev–Trinajstić information content (AvgIpc) is 2.42. The van der Waals surface area contributed by atoms with Crippen molar-refractivity contribution in [3.05, 3.63) is 41.5 Å². The number of carbonyl (C=O) groups is 1. The Bertz CT molecular complexity index is 655. The van der Waals surface area contributed by atoms with E-state index >= 15 is 0 Å². The molecule has 10 heteroatoms. The van der Waals surface area contributed by atoms with Crippen molar-refractivity contribution < 1.29 is 27.5 Å². The van der Waals surface area contributed by atoms with Crippen LogP contribution in [0.15, 0.2) is 22.4 Å². The molecule has 0 amide bonds. The van der Waals surface area contributed by atoms with E-state index in [-0.39, 0.29) is 22.5 Å². The summed E-state index contributed by atoms with van der Waals surface area (Å²) in [5, 5.41) is 8.33. The minimum Gasteiger partial charge on any atom is -0.478 e. The summed E-state index contributed by atoms with van der Waals surface area (Å²) in [4.78, 5) is 19.0. The second-order valence-electron chi connectivity index (χ2n) is 3.31. The molecule has 2 heterocycles. The molecule has 0 bridgehead atoms. The molecule has 5 nitrogen and oxygen atoms in total. The fourth-order valence-electron chi connectivity index (χ4n) is 1.13. The van der Waals surface area contributed by atoms with E-state index in [9.17, 15) is 22.4 Å². The van der Waals surface area contributed by atoms with Crippen LogP contribution in [0, 0.1) is 23.5 Å². The summed E-state index contributed by atoms with van der Waals surface area (Å²) >= 11 is 0.204. The van der Waals surface area contributed by atoms with Gasteiger partial charge in [0.15, 0.2) is 16.8 Å². The van der Waals surface area contributed by atoms with E-state index in [1.807, 2.05) is 0 Å². The summed E-state index contributed by atoms with van der Waals surface area (Å²) in [7, 11) is 0. The number of nitrogens with zero attached hydrogens (tertiary/aromatic N) is 3. The van der Waals surface area contributed by atoms with Crippen LogP contribution in [0.5, 0.6) is 0 Å². The molecule has 0 aliphatic heterocycles. The summed E-state index contributed by atoms with van der Waals surface area (Å²) in [6.07, 6.45) is 1.78. The second kappa shape index (κ2) is 5.41. The van der Waals surface area contributed by atoms with Gasteiger partial charge in [-0.3, -0.25) is 0 Å². The SMILES string of the molecule is O=C(O)c1cnc(Sc2c(F)c(F)nc(F)c2F)nc1. The van der Waals surface area contributed by atoms with Crippen molar-refractivity contribution >= 4 is 17.7 Å². The molecule has 2 rings (SSSR count). The fourth-order valence-corrected chi connectivity index (χ4v) is 1.87. The second-order valence-corrected chi connectivity index (χ2v) is 4.29. The lowest BCUT2D eigenvalue weighted by atomic mass is 10.4. The van der Waals surface area contributed by atoms with Crippen LogP contribution < -0.4 is 0 Å². The number of carboxylic acids is 1. The third-order valence-corrected chi connectivity index (χ3v) is 2.98. The Kier molecular flexibility index (Phi) is 3.84. The van der Waals surface area contributed by atoms with Crippen LogP contribution in [0.25, 0.3) is 0 Å². The Morgan fingerprint density at radius 1 is 1.05 bits per heavy atom. The quantitative estimate of drug-likeness (QED) is 0.532. The number of hydrogen-bond acceptors (Lipinski definition) is 5. The van der Waals surface area contributed by atoms with Gasteiger partial charge in [-0.25, -0.2) is 23.5 Å². The maximum absolute atomic E-state index is 13.3. The minimum atomic E-state index is -1.80. The molecule has 1 N–H and O–H groups in total. The largest absolute Gasteiger partial charge is 0.478 e. The Balaban J connectivity index is 2.37. The van der Waals surface area contributed by atoms with Crippen LogP contribution >= 0.6 is 11.8 Å². The van der Waals surface area contributed by atoms with Gasteiger partial charge in [-0.05, 0) is 11.8 Å². The highest BCUT2D eigenvalue weighted by Crippen LogP contribution is 2.31. The molecule has 0 atom stereocenters. The maximum Gasteiger partial charge on any atom is 0.338 e. The Hall–Kier alpha value is -2.23. The molecular weight excluding hydrogens is 302 g/mol. The lowest BCUT2D eigenvalue weighted by Crippen LogP contribution is -2.03. The zero-order valence-electron chi connectivity index (χ0n) is 9.27. The van der Waals surface area contributed by atoms with Gasteiger partial charge in [0.05, 0.1) is 10.5 Å². The van der Waals surface area contributed by atoms with E-state index in [0.29, 0.717) is 0 Å². The summed E-state index contributed by atoms with van der Waals surface area (Å²) in [6, 6.07) is 0. The molecule has 0 unspecified atom stereocenters. The molecule has 0 spiro atoms. The monoisotopic (exact) mass is 305 g/mol. The molecule has 20 heavy (non-hydrogen) atoms. The molecule has 0 radical (unpaired) electrons. The van der Waals surface area contributed by atoms with E-state index in [2.05, 4.69) is 15.0 Å². The van der Waals surface area contributed by atoms with Crippen molar-refractivity contribution in [2.75, 3.05) is 0 Å². The summed E-state index contributed by atoms with van der Waals surface area (Å²) in [6.45, 7) is 0. The van der Waals surface area contributed by atoms with Gasteiger partial charge >= 0.3 is 5.97 Å². The summed E-state index contributed by atoms with van der Waals surface area (Å²) < 4.78 is 52.4. The predicted molar refractivity (Wildman–Crippen MR) is 57.2 cm³/mol. The van der Waals surface area contributed by atoms with E-state index in [0.717, 1.165) is 12.4 Å². The highest BCUT2D eigenvalue weighted by Gasteiger charge is 2.22. The molecule has 0 saturated heterocycles. The van der Waals surface area contributed by atoms with E-state index < -0.39 is 34.4 Å². The highest BCUT2D eigenvalue weighted by molar-refractivity contribution is 7.99. The molecule has 0 aromatic carbocycles. The molecule has 0 aliphatic rings. The zero-order chi connectivity index (χ0) is 14.9. The number of hydrogen-bond donors (Lipinski definition) is 1. The van der Waals surface area contributed by atoms with Crippen LogP contribution in [-0.2, 0) is 0 Å². The summed E-state index contributed by atoms with van der Waals surface area (Å²) in [5.41, 5.74) is -0.248. The van der Waals surface area contributed by atoms with Crippen LogP contribution in [-0.4, -0.2) is 26.0 Å². The van der Waals surface area contributed by atoms with Gasteiger partial charge in [-0.2, -0.15) is 13.8 Å². The van der Waals surface area contributed by atoms with Crippen molar-refractivity contribution in [3.8, 4) is 0 Å².